The van der Waals surface area contributed by atoms with Gasteiger partial charge in [-0.3, -0.25) is 15.5 Å². The summed E-state index contributed by atoms with van der Waals surface area (Å²) in [7, 11) is 0. The fraction of sp³-hybridized carbons (Fsp3) is 0.125. The zero-order valence-corrected chi connectivity index (χ0v) is 13.9. The average Bonchev–Trinajstić information content (AvgIpc) is 2.55. The molecule has 0 saturated heterocycles. The Bertz CT molecular complexity index is 806. The van der Waals surface area contributed by atoms with Crippen molar-refractivity contribution in [1.29, 1.82) is 0 Å². The van der Waals surface area contributed by atoms with Crippen LogP contribution in [0.2, 0.25) is 0 Å². The van der Waals surface area contributed by atoms with E-state index in [1.54, 1.807) is 38.1 Å². The first kappa shape index (κ1) is 17.5. The summed E-state index contributed by atoms with van der Waals surface area (Å²) < 4.78 is 12.8. The van der Waals surface area contributed by atoms with Crippen molar-refractivity contribution in [3.63, 3.8) is 0 Å². The second kappa shape index (κ2) is 7.60. The van der Waals surface area contributed by atoms with Crippen LogP contribution in [0.15, 0.2) is 47.6 Å². The van der Waals surface area contributed by atoms with Crippen LogP contribution < -0.4 is 10.7 Å². The molecule has 0 radical (unpaired) electrons. The van der Waals surface area contributed by atoms with Crippen LogP contribution in [0.1, 0.15) is 18.1 Å². The molecule has 0 atom stereocenters. The molecule has 2 aromatic carbocycles. The molecule has 0 bridgehead atoms. The molecule has 0 fully saturated rings. The zero-order chi connectivity index (χ0) is 17.7. The van der Waals surface area contributed by atoms with E-state index in [0.717, 1.165) is 0 Å². The largest absolute Gasteiger partial charge is 0.331 e. The number of nitro groups is 1. The number of hydrazone groups is 1. The average molecular weight is 346 g/mol. The van der Waals surface area contributed by atoms with Gasteiger partial charge in [-0.1, -0.05) is 12.1 Å². The summed E-state index contributed by atoms with van der Waals surface area (Å²) in [5, 5.41) is 18.2. The maximum Gasteiger partial charge on any atom is 0.272 e. The molecular formula is C16H15FN4O2S. The van der Waals surface area contributed by atoms with E-state index in [9.17, 15) is 14.5 Å². The van der Waals surface area contributed by atoms with Crippen molar-refractivity contribution in [3.8, 4) is 0 Å². The third-order valence-corrected chi connectivity index (χ3v) is 3.44. The van der Waals surface area contributed by atoms with Crippen LogP contribution in [0.3, 0.4) is 0 Å². The Morgan fingerprint density at radius 2 is 1.92 bits per heavy atom. The number of hydrogen-bond donors (Lipinski definition) is 2. The molecule has 0 spiro atoms. The van der Waals surface area contributed by atoms with Gasteiger partial charge in [0, 0.05) is 22.9 Å². The molecule has 8 heteroatoms. The van der Waals surface area contributed by atoms with Gasteiger partial charge in [-0.2, -0.15) is 5.10 Å². The lowest BCUT2D eigenvalue weighted by molar-refractivity contribution is -0.385. The van der Waals surface area contributed by atoms with E-state index in [0.29, 0.717) is 22.5 Å². The Morgan fingerprint density at radius 1 is 1.25 bits per heavy atom. The van der Waals surface area contributed by atoms with Crippen molar-refractivity contribution in [2.24, 2.45) is 5.10 Å². The van der Waals surface area contributed by atoms with Gasteiger partial charge < -0.3 is 5.32 Å². The van der Waals surface area contributed by atoms with E-state index in [4.69, 9.17) is 12.2 Å². The molecule has 2 rings (SSSR count). The number of nitro benzene ring substituents is 1. The molecule has 0 aliphatic heterocycles. The fourth-order valence-electron chi connectivity index (χ4n) is 1.92. The second-order valence-corrected chi connectivity index (χ2v) is 5.44. The van der Waals surface area contributed by atoms with E-state index in [-0.39, 0.29) is 16.6 Å². The summed E-state index contributed by atoms with van der Waals surface area (Å²) in [6.45, 7) is 3.39. The molecule has 0 saturated carbocycles. The molecule has 2 aromatic rings. The van der Waals surface area contributed by atoms with Crippen LogP contribution in [0, 0.1) is 22.9 Å². The third kappa shape index (κ3) is 4.56. The van der Waals surface area contributed by atoms with Crippen molar-refractivity contribution in [1.82, 2.24) is 5.43 Å². The smallest absolute Gasteiger partial charge is 0.272 e. The minimum Gasteiger partial charge on any atom is -0.331 e. The number of benzene rings is 2. The van der Waals surface area contributed by atoms with E-state index in [1.165, 1.54) is 18.2 Å². The van der Waals surface area contributed by atoms with Gasteiger partial charge in [0.15, 0.2) is 5.11 Å². The van der Waals surface area contributed by atoms with Crippen LogP contribution >= 0.6 is 12.2 Å². The van der Waals surface area contributed by atoms with Crippen LogP contribution in [0.5, 0.6) is 0 Å². The molecular weight excluding hydrogens is 331 g/mol. The number of aryl methyl sites for hydroxylation is 1. The van der Waals surface area contributed by atoms with Crippen molar-refractivity contribution in [3.05, 3.63) is 69.5 Å². The maximum absolute atomic E-state index is 12.8. The number of halogens is 1. The van der Waals surface area contributed by atoms with Gasteiger partial charge in [-0.05, 0) is 50.3 Å². The van der Waals surface area contributed by atoms with Gasteiger partial charge in [0.05, 0.1) is 10.6 Å². The zero-order valence-electron chi connectivity index (χ0n) is 13.0. The Balaban J connectivity index is 2.05. The molecule has 2 N–H and O–H groups in total. The molecule has 124 valence electrons. The first-order valence-corrected chi connectivity index (χ1v) is 7.40. The summed E-state index contributed by atoms with van der Waals surface area (Å²) >= 11 is 5.09. The van der Waals surface area contributed by atoms with E-state index in [1.807, 2.05) is 0 Å². The normalized spacial score (nSPS) is 11.0. The highest BCUT2D eigenvalue weighted by Gasteiger charge is 2.12. The summed E-state index contributed by atoms with van der Waals surface area (Å²) in [5.74, 6) is -0.339. The fourth-order valence-corrected chi connectivity index (χ4v) is 2.09. The highest BCUT2D eigenvalue weighted by Crippen LogP contribution is 2.19. The van der Waals surface area contributed by atoms with Crippen LogP contribution in [0.4, 0.5) is 15.8 Å². The highest BCUT2D eigenvalue weighted by molar-refractivity contribution is 7.80. The third-order valence-electron chi connectivity index (χ3n) is 3.25. The van der Waals surface area contributed by atoms with E-state index >= 15 is 0 Å². The molecule has 24 heavy (non-hydrogen) atoms. The van der Waals surface area contributed by atoms with Crippen LogP contribution in [0.25, 0.3) is 0 Å². The van der Waals surface area contributed by atoms with E-state index in [2.05, 4.69) is 15.8 Å². The van der Waals surface area contributed by atoms with Gasteiger partial charge >= 0.3 is 0 Å². The number of nitrogens with zero attached hydrogens (tertiary/aromatic N) is 2. The minimum atomic E-state index is -0.430. The lowest BCUT2D eigenvalue weighted by Crippen LogP contribution is -2.25. The van der Waals surface area contributed by atoms with Gasteiger partial charge in [0.25, 0.3) is 5.69 Å². The topological polar surface area (TPSA) is 79.6 Å². The lowest BCUT2D eigenvalue weighted by Gasteiger charge is -2.08. The quantitative estimate of drug-likeness (QED) is 0.381. The van der Waals surface area contributed by atoms with Gasteiger partial charge in [-0.15, -0.1) is 0 Å². The monoisotopic (exact) mass is 346 g/mol. The SMILES string of the molecule is C/C(=N/NC(=S)Nc1ccc(F)cc1)c1ccc(C)c([N+](=O)[O-])c1. The Kier molecular flexibility index (Phi) is 5.54. The maximum atomic E-state index is 12.8. The predicted molar refractivity (Wildman–Crippen MR) is 95.8 cm³/mol. The van der Waals surface area contributed by atoms with Crippen molar-refractivity contribution >= 4 is 34.4 Å². The lowest BCUT2D eigenvalue weighted by atomic mass is 10.1. The number of rotatable bonds is 4. The summed E-state index contributed by atoms with van der Waals surface area (Å²) in [6, 6.07) is 10.6. The molecule has 0 aliphatic rings. The highest BCUT2D eigenvalue weighted by atomic mass is 32.1. The van der Waals surface area contributed by atoms with Crippen LogP contribution in [-0.4, -0.2) is 15.7 Å². The molecule has 0 aliphatic carbocycles. The molecule has 0 aromatic heterocycles. The molecule has 6 nitrogen and oxygen atoms in total. The predicted octanol–water partition coefficient (Wildman–Crippen LogP) is 3.75. The first-order valence-electron chi connectivity index (χ1n) is 6.99. The Morgan fingerprint density at radius 3 is 2.54 bits per heavy atom. The van der Waals surface area contributed by atoms with Crippen molar-refractivity contribution in [2.45, 2.75) is 13.8 Å². The summed E-state index contributed by atoms with van der Waals surface area (Å²) in [4.78, 5) is 10.6. The van der Waals surface area contributed by atoms with Crippen LogP contribution in [-0.2, 0) is 0 Å². The summed E-state index contributed by atoms with van der Waals surface area (Å²) in [6.07, 6.45) is 0. The Hall–Kier alpha value is -2.87. The van der Waals surface area contributed by atoms with Gasteiger partial charge in [0.2, 0.25) is 0 Å². The molecule has 0 amide bonds. The second-order valence-electron chi connectivity index (χ2n) is 5.03. The van der Waals surface area contributed by atoms with E-state index < -0.39 is 4.92 Å². The van der Waals surface area contributed by atoms with Crippen molar-refractivity contribution in [2.75, 3.05) is 5.32 Å². The number of nitrogens with one attached hydrogen (secondary N) is 2. The van der Waals surface area contributed by atoms with Gasteiger partial charge in [-0.25, -0.2) is 4.39 Å². The number of hydrogen-bond acceptors (Lipinski definition) is 4. The first-order chi connectivity index (χ1) is 11.4. The van der Waals surface area contributed by atoms with Crippen molar-refractivity contribution < 1.29 is 9.31 Å². The number of thiocarbonyl (C=S) groups is 1. The minimum absolute atomic E-state index is 0.0362. The molecule has 0 unspecified atom stereocenters. The number of anilines is 1. The molecule has 0 heterocycles. The summed E-state index contributed by atoms with van der Waals surface area (Å²) in [5.41, 5.74) is 5.05. The van der Waals surface area contributed by atoms with Gasteiger partial charge in [0.1, 0.15) is 5.82 Å². The standard InChI is InChI=1S/C16H15FN4O2S/c1-10-3-4-12(9-15(10)21(22)23)11(2)19-20-16(24)18-14-7-5-13(17)6-8-14/h3-9H,1-2H3,(H2,18,20,24)/b19-11-. The Labute approximate surface area is 143 Å².